The van der Waals surface area contributed by atoms with Crippen LogP contribution in [0, 0.1) is 19.7 Å². The molecule has 0 atom stereocenters. The maximum absolute atomic E-state index is 13.0. The van der Waals surface area contributed by atoms with Crippen molar-refractivity contribution in [1.29, 1.82) is 0 Å². The van der Waals surface area contributed by atoms with Crippen LogP contribution in [0.3, 0.4) is 0 Å². The zero-order valence-corrected chi connectivity index (χ0v) is 12.6. The smallest absolute Gasteiger partial charge is 0.123 e. The minimum absolute atomic E-state index is 0.234. The van der Waals surface area contributed by atoms with Crippen LogP contribution in [-0.4, -0.2) is 4.98 Å². The number of hydrogen-bond donors (Lipinski definition) is 1. The van der Waals surface area contributed by atoms with E-state index in [0.29, 0.717) is 0 Å². The highest BCUT2D eigenvalue weighted by atomic mass is 19.1. The van der Waals surface area contributed by atoms with Gasteiger partial charge < -0.3 is 5.32 Å². The number of rotatable bonds is 3. The van der Waals surface area contributed by atoms with Crippen molar-refractivity contribution in [2.24, 2.45) is 0 Å². The first-order valence-electron chi connectivity index (χ1n) is 7.18. The topological polar surface area (TPSA) is 24.9 Å². The Balaban J connectivity index is 1.92. The van der Waals surface area contributed by atoms with Crippen molar-refractivity contribution >= 4 is 11.4 Å². The minimum Gasteiger partial charge on any atom is -0.355 e. The molecule has 0 spiro atoms. The van der Waals surface area contributed by atoms with Gasteiger partial charge in [0.2, 0.25) is 0 Å². The molecule has 3 aromatic rings. The van der Waals surface area contributed by atoms with Gasteiger partial charge in [-0.1, -0.05) is 18.2 Å². The summed E-state index contributed by atoms with van der Waals surface area (Å²) in [6.45, 7) is 4.02. The Kier molecular flexibility index (Phi) is 3.88. The first-order valence-corrected chi connectivity index (χ1v) is 7.18. The zero-order chi connectivity index (χ0) is 15.5. The van der Waals surface area contributed by atoms with E-state index in [-0.39, 0.29) is 5.82 Å². The summed E-state index contributed by atoms with van der Waals surface area (Å²) < 4.78 is 13.0. The Bertz CT molecular complexity index is 778. The lowest BCUT2D eigenvalue weighted by Crippen LogP contribution is -1.94. The van der Waals surface area contributed by atoms with Crippen LogP contribution in [0.1, 0.15) is 11.3 Å². The maximum Gasteiger partial charge on any atom is 0.123 e. The van der Waals surface area contributed by atoms with Gasteiger partial charge in [0.25, 0.3) is 0 Å². The third kappa shape index (κ3) is 3.14. The zero-order valence-electron chi connectivity index (χ0n) is 12.6. The largest absolute Gasteiger partial charge is 0.355 e. The van der Waals surface area contributed by atoms with Crippen LogP contribution < -0.4 is 5.32 Å². The van der Waals surface area contributed by atoms with Gasteiger partial charge in [0.1, 0.15) is 5.82 Å². The molecule has 0 aliphatic carbocycles. The van der Waals surface area contributed by atoms with Crippen LogP contribution in [0.2, 0.25) is 0 Å². The molecule has 0 saturated carbocycles. The minimum atomic E-state index is -0.234. The standard InChI is InChI=1S/C19H17FN2/c1-13-3-5-15(16-6-4-14(2)21-12-16)11-19(13)22-18-9-7-17(20)8-10-18/h3-12,22H,1-2H3. The van der Waals surface area contributed by atoms with Crippen molar-refractivity contribution in [2.75, 3.05) is 5.32 Å². The van der Waals surface area contributed by atoms with Gasteiger partial charge in [-0.15, -0.1) is 0 Å². The molecule has 3 heteroatoms. The SMILES string of the molecule is Cc1ccc(-c2ccc(C)c(Nc3ccc(F)cc3)c2)cn1. The molecule has 110 valence electrons. The van der Waals surface area contributed by atoms with Gasteiger partial charge in [0.05, 0.1) is 0 Å². The molecule has 0 aliphatic rings. The highest BCUT2D eigenvalue weighted by Crippen LogP contribution is 2.27. The molecule has 1 N–H and O–H groups in total. The van der Waals surface area contributed by atoms with Gasteiger partial charge in [-0.3, -0.25) is 4.98 Å². The molecule has 22 heavy (non-hydrogen) atoms. The van der Waals surface area contributed by atoms with Crippen molar-refractivity contribution in [3.8, 4) is 11.1 Å². The molecule has 0 radical (unpaired) electrons. The van der Waals surface area contributed by atoms with Crippen LogP contribution in [0.4, 0.5) is 15.8 Å². The average molecular weight is 292 g/mol. The molecule has 1 heterocycles. The van der Waals surface area contributed by atoms with Gasteiger partial charge in [-0.05, 0) is 61.4 Å². The van der Waals surface area contributed by atoms with E-state index in [1.165, 1.54) is 12.1 Å². The molecule has 0 bridgehead atoms. The van der Waals surface area contributed by atoms with Gasteiger partial charge >= 0.3 is 0 Å². The fraction of sp³-hybridized carbons (Fsp3) is 0.105. The van der Waals surface area contributed by atoms with Crippen LogP contribution in [0.25, 0.3) is 11.1 Å². The lowest BCUT2D eigenvalue weighted by Gasteiger charge is -2.12. The van der Waals surface area contributed by atoms with Gasteiger partial charge in [-0.25, -0.2) is 4.39 Å². The lowest BCUT2D eigenvalue weighted by molar-refractivity contribution is 0.628. The molecule has 2 aromatic carbocycles. The predicted molar refractivity (Wildman–Crippen MR) is 88.8 cm³/mol. The molecule has 0 fully saturated rings. The predicted octanol–water partition coefficient (Wildman–Crippen LogP) is 5.25. The Labute approximate surface area is 129 Å². The molecule has 0 amide bonds. The maximum atomic E-state index is 13.0. The number of benzene rings is 2. The van der Waals surface area contributed by atoms with E-state index in [4.69, 9.17) is 0 Å². The van der Waals surface area contributed by atoms with Crippen LogP contribution in [0.5, 0.6) is 0 Å². The van der Waals surface area contributed by atoms with E-state index in [0.717, 1.165) is 33.8 Å². The first kappa shape index (κ1) is 14.3. The summed E-state index contributed by atoms with van der Waals surface area (Å²) in [7, 11) is 0. The number of nitrogens with one attached hydrogen (secondary N) is 1. The number of nitrogens with zero attached hydrogens (tertiary/aromatic N) is 1. The summed E-state index contributed by atoms with van der Waals surface area (Å²) in [5.41, 5.74) is 6.18. The van der Waals surface area contributed by atoms with Crippen LogP contribution >= 0.6 is 0 Å². The Hall–Kier alpha value is -2.68. The molecule has 1 aromatic heterocycles. The van der Waals surface area contributed by atoms with Gasteiger partial charge in [0.15, 0.2) is 0 Å². The summed E-state index contributed by atoms with van der Waals surface area (Å²) in [5.74, 6) is -0.234. The molecule has 0 aliphatic heterocycles. The van der Waals surface area contributed by atoms with Gasteiger partial charge in [-0.2, -0.15) is 0 Å². The third-order valence-electron chi connectivity index (χ3n) is 3.61. The number of hydrogen-bond acceptors (Lipinski definition) is 2. The fourth-order valence-electron chi connectivity index (χ4n) is 2.26. The summed E-state index contributed by atoms with van der Waals surface area (Å²) >= 11 is 0. The van der Waals surface area contributed by atoms with Gasteiger partial charge in [0, 0.05) is 28.8 Å². The summed E-state index contributed by atoms with van der Waals surface area (Å²) in [6.07, 6.45) is 1.88. The molecule has 0 unspecified atom stereocenters. The normalized spacial score (nSPS) is 10.5. The number of pyridine rings is 1. The van der Waals surface area contributed by atoms with Crippen molar-refractivity contribution in [3.63, 3.8) is 0 Å². The van der Waals surface area contributed by atoms with Crippen LogP contribution in [-0.2, 0) is 0 Å². The van der Waals surface area contributed by atoms with Crippen molar-refractivity contribution < 1.29 is 4.39 Å². The fourth-order valence-corrected chi connectivity index (χ4v) is 2.26. The van der Waals surface area contributed by atoms with E-state index in [1.54, 1.807) is 12.1 Å². The quantitative estimate of drug-likeness (QED) is 0.713. The second-order valence-electron chi connectivity index (χ2n) is 5.35. The highest BCUT2D eigenvalue weighted by Gasteiger charge is 2.04. The van der Waals surface area contributed by atoms with E-state index in [1.807, 2.05) is 26.1 Å². The number of aryl methyl sites for hydroxylation is 2. The van der Waals surface area contributed by atoms with E-state index in [9.17, 15) is 4.39 Å². The number of anilines is 2. The molecular formula is C19H17FN2. The third-order valence-corrected chi connectivity index (χ3v) is 3.61. The average Bonchev–Trinajstić information content (AvgIpc) is 2.52. The van der Waals surface area contributed by atoms with Crippen molar-refractivity contribution in [3.05, 3.63) is 77.9 Å². The number of aromatic nitrogens is 1. The van der Waals surface area contributed by atoms with E-state index < -0.39 is 0 Å². The van der Waals surface area contributed by atoms with E-state index >= 15 is 0 Å². The Morgan fingerprint density at radius 1 is 0.864 bits per heavy atom. The Morgan fingerprint density at radius 3 is 2.27 bits per heavy atom. The van der Waals surface area contributed by atoms with Crippen molar-refractivity contribution in [1.82, 2.24) is 4.98 Å². The molecule has 2 nitrogen and oxygen atoms in total. The highest BCUT2D eigenvalue weighted by molar-refractivity contribution is 5.72. The molecule has 0 saturated heterocycles. The number of halogens is 1. The summed E-state index contributed by atoms with van der Waals surface area (Å²) in [6, 6.07) is 16.7. The lowest BCUT2D eigenvalue weighted by atomic mass is 10.0. The van der Waals surface area contributed by atoms with E-state index in [2.05, 4.69) is 34.6 Å². The Morgan fingerprint density at radius 2 is 1.59 bits per heavy atom. The van der Waals surface area contributed by atoms with Crippen LogP contribution in [0.15, 0.2) is 60.8 Å². The summed E-state index contributed by atoms with van der Waals surface area (Å²) in [5, 5.41) is 3.33. The second kappa shape index (κ2) is 5.98. The monoisotopic (exact) mass is 292 g/mol. The molecular weight excluding hydrogens is 275 g/mol. The second-order valence-corrected chi connectivity index (χ2v) is 5.35. The molecule has 3 rings (SSSR count). The summed E-state index contributed by atoms with van der Waals surface area (Å²) in [4.78, 5) is 4.34. The van der Waals surface area contributed by atoms with Crippen molar-refractivity contribution in [2.45, 2.75) is 13.8 Å². The first-order chi connectivity index (χ1) is 10.6.